The Kier molecular flexibility index (Phi) is 3.05. The van der Waals surface area contributed by atoms with Crippen molar-refractivity contribution in [1.29, 1.82) is 0 Å². The first kappa shape index (κ1) is 16.3. The number of carbonyl (C=O) groups excluding carboxylic acids is 2. The molecule has 0 saturated heterocycles. The molecule has 4 nitrogen and oxygen atoms in total. The van der Waals surface area contributed by atoms with Gasteiger partial charge in [-0.3, -0.25) is 4.79 Å². The van der Waals surface area contributed by atoms with Gasteiger partial charge >= 0.3 is 5.97 Å². The highest BCUT2D eigenvalue weighted by atomic mass is 16.7. The smallest absolute Gasteiger partial charge is 0.317 e. The van der Waals surface area contributed by atoms with Gasteiger partial charge < -0.3 is 4.84 Å². The summed E-state index contributed by atoms with van der Waals surface area (Å²) in [4.78, 5) is 31.0. The second-order valence-corrected chi connectivity index (χ2v) is 9.98. The third-order valence-corrected chi connectivity index (χ3v) is 8.70. The van der Waals surface area contributed by atoms with Gasteiger partial charge in [0.05, 0.1) is 5.71 Å². The third kappa shape index (κ3) is 1.68. The molecule has 0 aliphatic heterocycles. The molecule has 132 valence electrons. The molecular weight excluding hydrogens is 302 g/mol. The van der Waals surface area contributed by atoms with Crippen LogP contribution in [0.15, 0.2) is 5.16 Å². The fourth-order valence-electron chi connectivity index (χ4n) is 6.20. The molecule has 4 fully saturated rings. The van der Waals surface area contributed by atoms with Crippen LogP contribution >= 0.6 is 0 Å². The van der Waals surface area contributed by atoms with Gasteiger partial charge in [0.1, 0.15) is 5.41 Å². The lowest BCUT2D eigenvalue weighted by Gasteiger charge is -2.34. The van der Waals surface area contributed by atoms with Gasteiger partial charge in [0, 0.05) is 10.8 Å². The van der Waals surface area contributed by atoms with E-state index in [0.29, 0.717) is 24.7 Å². The summed E-state index contributed by atoms with van der Waals surface area (Å²) in [5, 5.41) is 4.33. The van der Waals surface area contributed by atoms with Crippen LogP contribution in [-0.2, 0) is 14.4 Å². The molecule has 0 spiro atoms. The number of ketones is 1. The van der Waals surface area contributed by atoms with Gasteiger partial charge in [-0.25, -0.2) is 4.79 Å². The Balaban J connectivity index is 1.56. The topological polar surface area (TPSA) is 55.7 Å². The van der Waals surface area contributed by atoms with Crippen LogP contribution in [0.25, 0.3) is 0 Å². The Morgan fingerprint density at radius 1 is 1.08 bits per heavy atom. The largest absolute Gasteiger partial charge is 0.348 e. The van der Waals surface area contributed by atoms with Gasteiger partial charge in [-0.2, -0.15) is 0 Å². The molecule has 0 radical (unpaired) electrons. The maximum Gasteiger partial charge on any atom is 0.348 e. The number of rotatable bonds is 2. The minimum Gasteiger partial charge on any atom is -0.317 e. The van der Waals surface area contributed by atoms with Gasteiger partial charge in [-0.1, -0.05) is 39.8 Å². The summed E-state index contributed by atoms with van der Waals surface area (Å²) >= 11 is 0. The molecule has 0 N–H and O–H groups in total. The first-order chi connectivity index (χ1) is 11.1. The Hall–Kier alpha value is -1.19. The van der Waals surface area contributed by atoms with E-state index in [2.05, 4.69) is 25.9 Å². The summed E-state index contributed by atoms with van der Waals surface area (Å²) in [5.74, 6) is 0.596. The van der Waals surface area contributed by atoms with Crippen molar-refractivity contribution in [3.05, 3.63) is 0 Å². The monoisotopic (exact) mass is 331 g/mol. The Morgan fingerprint density at radius 2 is 1.75 bits per heavy atom. The maximum atomic E-state index is 12.8. The summed E-state index contributed by atoms with van der Waals surface area (Å²) in [7, 11) is 0. The average Bonchev–Trinajstić information content (AvgIpc) is 3.16. The summed E-state index contributed by atoms with van der Waals surface area (Å²) in [6.45, 7) is 10.8. The van der Waals surface area contributed by atoms with E-state index in [1.54, 1.807) is 0 Å². The fourth-order valence-corrected chi connectivity index (χ4v) is 6.20. The maximum absolute atomic E-state index is 12.8. The molecule has 0 amide bonds. The van der Waals surface area contributed by atoms with Crippen molar-refractivity contribution in [3.63, 3.8) is 0 Å². The normalized spacial score (nSPS) is 46.0. The molecule has 4 aliphatic rings. The van der Waals surface area contributed by atoms with E-state index in [1.807, 2.05) is 13.8 Å². The van der Waals surface area contributed by atoms with Crippen molar-refractivity contribution in [2.24, 2.45) is 38.7 Å². The van der Waals surface area contributed by atoms with Crippen LogP contribution in [-0.4, -0.2) is 17.5 Å². The first-order valence-electron chi connectivity index (χ1n) is 9.39. The molecule has 0 heterocycles. The minimum atomic E-state index is -0.924. The van der Waals surface area contributed by atoms with Crippen LogP contribution < -0.4 is 0 Å². The molecule has 0 aromatic rings. The van der Waals surface area contributed by atoms with Crippen molar-refractivity contribution >= 4 is 17.5 Å². The summed E-state index contributed by atoms with van der Waals surface area (Å²) in [5.41, 5.74) is -0.0722. The number of nitrogens with zero attached hydrogens (tertiary/aromatic N) is 1. The van der Waals surface area contributed by atoms with Gasteiger partial charge in [-0.15, -0.1) is 0 Å². The highest BCUT2D eigenvalue weighted by Crippen LogP contribution is 2.64. The standard InChI is InChI=1S/C20H29NO3/c1-17(2)13-7-9-20(11-13,15(17)22)16(23)24-21-14-10-12-6-8-19(14,5)18(12,3)4/h12-13H,6-11H2,1-5H3. The van der Waals surface area contributed by atoms with Crippen LogP contribution in [0, 0.1) is 33.5 Å². The zero-order valence-corrected chi connectivity index (χ0v) is 15.6. The number of hydrogen-bond donors (Lipinski definition) is 0. The van der Waals surface area contributed by atoms with Gasteiger partial charge in [-0.05, 0) is 55.8 Å². The van der Waals surface area contributed by atoms with Crippen LogP contribution in [0.5, 0.6) is 0 Å². The molecule has 4 rings (SSSR count). The molecule has 4 unspecified atom stereocenters. The number of carbonyl (C=O) groups is 2. The van der Waals surface area contributed by atoms with Crippen LogP contribution in [0.3, 0.4) is 0 Å². The zero-order valence-electron chi connectivity index (χ0n) is 15.6. The average molecular weight is 331 g/mol. The predicted molar refractivity (Wildman–Crippen MR) is 91.3 cm³/mol. The van der Waals surface area contributed by atoms with E-state index < -0.39 is 16.8 Å². The van der Waals surface area contributed by atoms with Crippen molar-refractivity contribution in [3.8, 4) is 0 Å². The van der Waals surface area contributed by atoms with Crippen LogP contribution in [0.2, 0.25) is 0 Å². The molecule has 0 aromatic heterocycles. The van der Waals surface area contributed by atoms with E-state index in [1.165, 1.54) is 6.42 Å². The number of fused-ring (bicyclic) bond motifs is 4. The summed E-state index contributed by atoms with van der Waals surface area (Å²) < 4.78 is 0. The number of Topliss-reactive ketones (excluding diaryl/α,β-unsaturated/α-hetero) is 1. The van der Waals surface area contributed by atoms with Crippen molar-refractivity contribution < 1.29 is 14.4 Å². The molecule has 4 heteroatoms. The first-order valence-corrected chi connectivity index (χ1v) is 9.39. The van der Waals surface area contributed by atoms with Gasteiger partial charge in [0.15, 0.2) is 5.78 Å². The number of oxime groups is 1. The van der Waals surface area contributed by atoms with Crippen molar-refractivity contribution in [2.45, 2.75) is 73.1 Å². The molecule has 24 heavy (non-hydrogen) atoms. The van der Waals surface area contributed by atoms with Crippen molar-refractivity contribution in [2.75, 3.05) is 0 Å². The van der Waals surface area contributed by atoms with Gasteiger partial charge in [0.2, 0.25) is 0 Å². The fraction of sp³-hybridized carbons (Fsp3) is 0.850. The summed E-state index contributed by atoms with van der Waals surface area (Å²) in [6.07, 6.45) is 5.49. The van der Waals surface area contributed by atoms with E-state index in [4.69, 9.17) is 4.84 Å². The second-order valence-electron chi connectivity index (χ2n) is 9.98. The number of hydrogen-bond acceptors (Lipinski definition) is 4. The van der Waals surface area contributed by atoms with E-state index in [9.17, 15) is 9.59 Å². The molecule has 4 atom stereocenters. The lowest BCUT2D eigenvalue weighted by atomic mass is 9.70. The highest BCUT2D eigenvalue weighted by molar-refractivity contribution is 6.09. The van der Waals surface area contributed by atoms with Crippen LogP contribution in [0.1, 0.15) is 73.1 Å². The third-order valence-electron chi connectivity index (χ3n) is 8.70. The highest BCUT2D eigenvalue weighted by Gasteiger charge is 2.66. The summed E-state index contributed by atoms with van der Waals surface area (Å²) in [6, 6.07) is 0. The molecular formula is C20H29NO3. The zero-order chi connectivity index (χ0) is 17.5. The minimum absolute atomic E-state index is 0.0206. The van der Waals surface area contributed by atoms with Gasteiger partial charge in [0.25, 0.3) is 0 Å². The molecule has 4 aliphatic carbocycles. The Morgan fingerprint density at radius 3 is 2.25 bits per heavy atom. The van der Waals surface area contributed by atoms with Crippen LogP contribution in [0.4, 0.5) is 0 Å². The van der Waals surface area contributed by atoms with E-state index in [0.717, 1.165) is 25.0 Å². The lowest BCUT2D eigenvalue weighted by molar-refractivity contribution is -0.161. The Bertz CT molecular complexity index is 662. The predicted octanol–water partition coefficient (Wildman–Crippen LogP) is 4.13. The quantitative estimate of drug-likeness (QED) is 0.434. The molecule has 4 saturated carbocycles. The second kappa shape index (κ2) is 4.50. The molecule has 4 bridgehead atoms. The lowest BCUT2D eigenvalue weighted by Crippen LogP contribution is -2.42. The molecule has 0 aromatic carbocycles. The Labute approximate surface area is 144 Å². The van der Waals surface area contributed by atoms with E-state index in [-0.39, 0.29) is 16.6 Å². The van der Waals surface area contributed by atoms with Crippen molar-refractivity contribution in [1.82, 2.24) is 0 Å². The van der Waals surface area contributed by atoms with E-state index >= 15 is 0 Å². The SMILES string of the molecule is CC1(C)C(=O)C2(C(=O)ON=C3CC4CCC3(C)C4(C)C)CCC1C2.